The summed E-state index contributed by atoms with van der Waals surface area (Å²) in [4.78, 5) is 39.3. The van der Waals surface area contributed by atoms with Gasteiger partial charge in [-0.3, -0.25) is 14.4 Å². The van der Waals surface area contributed by atoms with Crippen molar-refractivity contribution in [2.75, 3.05) is 31.8 Å². The third-order valence-electron chi connectivity index (χ3n) is 6.41. The van der Waals surface area contributed by atoms with E-state index in [4.69, 9.17) is 14.2 Å². The van der Waals surface area contributed by atoms with E-state index in [1.807, 2.05) is 0 Å². The van der Waals surface area contributed by atoms with Crippen molar-refractivity contribution in [3.8, 4) is 17.2 Å². The molecule has 4 rings (SSSR count). The van der Waals surface area contributed by atoms with Crippen molar-refractivity contribution in [2.45, 2.75) is 51.0 Å². The van der Waals surface area contributed by atoms with E-state index >= 15 is 0 Å². The summed E-state index contributed by atoms with van der Waals surface area (Å²) in [7, 11) is 1.58. The molecule has 2 aromatic rings. The lowest BCUT2D eigenvalue weighted by molar-refractivity contribution is -0.123. The molecule has 0 radical (unpaired) electrons. The third-order valence-corrected chi connectivity index (χ3v) is 6.41. The fraction of sp³-hybridized carbons (Fsp3) is 0.444. The van der Waals surface area contributed by atoms with E-state index in [0.29, 0.717) is 47.9 Å². The summed E-state index contributed by atoms with van der Waals surface area (Å²) in [6.45, 7) is 0.184. The van der Waals surface area contributed by atoms with Crippen LogP contribution in [0.3, 0.4) is 0 Å². The highest BCUT2D eigenvalue weighted by Gasteiger charge is 2.27. The van der Waals surface area contributed by atoms with Gasteiger partial charge in [0.25, 0.3) is 5.91 Å². The summed E-state index contributed by atoms with van der Waals surface area (Å²) >= 11 is 0. The van der Waals surface area contributed by atoms with Crippen LogP contribution in [0.1, 0.15) is 55.3 Å². The highest BCUT2D eigenvalue weighted by Crippen LogP contribution is 2.33. The molecule has 0 unspecified atom stereocenters. The Labute approximate surface area is 205 Å². The number of ketones is 1. The van der Waals surface area contributed by atoms with E-state index < -0.39 is 0 Å². The average molecular weight is 481 g/mol. The van der Waals surface area contributed by atoms with Gasteiger partial charge in [0.05, 0.1) is 12.8 Å². The summed E-state index contributed by atoms with van der Waals surface area (Å²) < 4.78 is 16.3. The Bertz CT molecular complexity index is 1050. The van der Waals surface area contributed by atoms with Crippen LogP contribution in [0, 0.1) is 0 Å². The molecule has 1 aliphatic carbocycles. The summed E-state index contributed by atoms with van der Waals surface area (Å²) in [6, 6.07) is 12.3. The number of nitrogens with one attached hydrogen (secondary N) is 1. The van der Waals surface area contributed by atoms with Crippen molar-refractivity contribution in [1.82, 2.24) is 5.32 Å². The van der Waals surface area contributed by atoms with Gasteiger partial charge in [-0.1, -0.05) is 19.3 Å². The molecule has 1 N–H and O–H groups in total. The van der Waals surface area contributed by atoms with Gasteiger partial charge < -0.3 is 24.4 Å². The maximum absolute atomic E-state index is 12.8. The van der Waals surface area contributed by atoms with E-state index in [-0.39, 0.29) is 36.9 Å². The van der Waals surface area contributed by atoms with Crippen LogP contribution in [0.4, 0.5) is 5.69 Å². The van der Waals surface area contributed by atoms with Crippen LogP contribution in [0.5, 0.6) is 17.2 Å². The molecule has 35 heavy (non-hydrogen) atoms. The number of Topliss-reactive ketones (excluding diaryl/α,β-unsaturated/α-hetero) is 1. The minimum absolute atomic E-state index is 0.0254. The lowest BCUT2D eigenvalue weighted by Gasteiger charge is -2.30. The van der Waals surface area contributed by atoms with Gasteiger partial charge in [0, 0.05) is 24.6 Å². The van der Waals surface area contributed by atoms with E-state index in [1.54, 1.807) is 54.5 Å². The van der Waals surface area contributed by atoms with Gasteiger partial charge in [-0.15, -0.1) is 0 Å². The van der Waals surface area contributed by atoms with Gasteiger partial charge in [0.1, 0.15) is 17.2 Å². The van der Waals surface area contributed by atoms with Crippen LogP contribution in [0.2, 0.25) is 0 Å². The fourth-order valence-corrected chi connectivity index (χ4v) is 4.47. The Morgan fingerprint density at radius 2 is 1.80 bits per heavy atom. The Morgan fingerprint density at radius 3 is 2.54 bits per heavy atom. The Balaban J connectivity index is 1.34. The van der Waals surface area contributed by atoms with Crippen molar-refractivity contribution >= 4 is 23.3 Å². The number of benzene rings is 2. The molecule has 1 fully saturated rings. The second-order valence-corrected chi connectivity index (χ2v) is 8.91. The molecular formula is C27H32N2O6. The number of rotatable bonds is 10. The third kappa shape index (κ3) is 6.53. The van der Waals surface area contributed by atoms with Gasteiger partial charge in [-0.25, -0.2) is 0 Å². The predicted molar refractivity (Wildman–Crippen MR) is 131 cm³/mol. The summed E-state index contributed by atoms with van der Waals surface area (Å²) in [5.74, 6) is 1.43. The van der Waals surface area contributed by atoms with Crippen LogP contribution in [0.25, 0.3) is 0 Å². The van der Waals surface area contributed by atoms with Gasteiger partial charge >= 0.3 is 0 Å². The van der Waals surface area contributed by atoms with Crippen molar-refractivity contribution in [3.05, 3.63) is 48.0 Å². The van der Waals surface area contributed by atoms with Crippen molar-refractivity contribution < 1.29 is 28.6 Å². The molecule has 0 saturated heterocycles. The monoisotopic (exact) mass is 480 g/mol. The smallest absolute Gasteiger partial charge is 0.265 e. The summed E-state index contributed by atoms with van der Waals surface area (Å²) in [5.41, 5.74) is 0.972. The zero-order valence-corrected chi connectivity index (χ0v) is 20.1. The van der Waals surface area contributed by atoms with Crippen LogP contribution >= 0.6 is 0 Å². The van der Waals surface area contributed by atoms with Crippen molar-refractivity contribution in [2.24, 2.45) is 0 Å². The minimum atomic E-state index is -0.214. The quantitative estimate of drug-likeness (QED) is 0.518. The van der Waals surface area contributed by atoms with Crippen molar-refractivity contribution in [3.63, 3.8) is 0 Å². The van der Waals surface area contributed by atoms with E-state index in [1.165, 1.54) is 6.42 Å². The molecule has 2 amide bonds. The molecule has 8 heteroatoms. The second-order valence-electron chi connectivity index (χ2n) is 8.91. The predicted octanol–water partition coefficient (Wildman–Crippen LogP) is 3.91. The number of ether oxygens (including phenoxy) is 3. The summed E-state index contributed by atoms with van der Waals surface area (Å²) in [5, 5.41) is 3.11. The molecule has 1 saturated carbocycles. The SMILES string of the molecule is COc1ccc(OCC(=O)c2ccc3c(c2)N(CCCC(=O)NC2CCCCC2)C(=O)CO3)cc1. The zero-order valence-electron chi connectivity index (χ0n) is 20.1. The number of methoxy groups -OCH3 is 1. The highest BCUT2D eigenvalue weighted by molar-refractivity contribution is 6.02. The van der Waals surface area contributed by atoms with Crippen LogP contribution in [0.15, 0.2) is 42.5 Å². The first-order valence-electron chi connectivity index (χ1n) is 12.2. The maximum Gasteiger partial charge on any atom is 0.265 e. The lowest BCUT2D eigenvalue weighted by Crippen LogP contribution is -2.40. The fourth-order valence-electron chi connectivity index (χ4n) is 4.47. The number of nitrogens with zero attached hydrogens (tertiary/aromatic N) is 1. The molecule has 2 aliphatic rings. The normalized spacial score (nSPS) is 15.7. The molecule has 1 heterocycles. The van der Waals surface area contributed by atoms with Crippen LogP contribution in [-0.2, 0) is 9.59 Å². The van der Waals surface area contributed by atoms with E-state index in [2.05, 4.69) is 5.32 Å². The average Bonchev–Trinajstić information content (AvgIpc) is 2.89. The van der Waals surface area contributed by atoms with E-state index in [0.717, 1.165) is 25.7 Å². The maximum atomic E-state index is 12.8. The molecule has 0 atom stereocenters. The lowest BCUT2D eigenvalue weighted by atomic mass is 9.95. The Kier molecular flexibility index (Phi) is 8.23. The first-order valence-corrected chi connectivity index (χ1v) is 12.2. The molecular weight excluding hydrogens is 448 g/mol. The Hall–Kier alpha value is -3.55. The molecule has 1 aliphatic heterocycles. The number of anilines is 1. The summed E-state index contributed by atoms with van der Waals surface area (Å²) in [6.07, 6.45) is 6.53. The first-order chi connectivity index (χ1) is 17.0. The highest BCUT2D eigenvalue weighted by atomic mass is 16.5. The molecule has 8 nitrogen and oxygen atoms in total. The molecule has 0 aromatic heterocycles. The first kappa shape index (κ1) is 24.6. The Morgan fingerprint density at radius 1 is 1.06 bits per heavy atom. The van der Waals surface area contributed by atoms with Gasteiger partial charge in [0.2, 0.25) is 5.91 Å². The standard InChI is InChI=1S/C27H32N2O6/c1-33-21-10-12-22(13-11-21)34-17-24(30)19-9-14-25-23(16-19)29(27(32)18-35-25)15-5-8-26(31)28-20-6-3-2-4-7-20/h9-14,16,20H,2-8,15,17-18H2,1H3,(H,28,31). The largest absolute Gasteiger partial charge is 0.497 e. The number of hydrogen-bond donors (Lipinski definition) is 1. The van der Waals surface area contributed by atoms with Crippen LogP contribution < -0.4 is 24.4 Å². The molecule has 0 spiro atoms. The number of carbonyl (C=O) groups is 3. The number of amides is 2. The number of carbonyl (C=O) groups excluding carboxylic acids is 3. The van der Waals surface area contributed by atoms with Gasteiger partial charge in [-0.2, -0.15) is 0 Å². The number of hydrogen-bond acceptors (Lipinski definition) is 6. The van der Waals surface area contributed by atoms with Crippen LogP contribution in [-0.4, -0.2) is 50.5 Å². The van der Waals surface area contributed by atoms with Crippen molar-refractivity contribution in [1.29, 1.82) is 0 Å². The topological polar surface area (TPSA) is 94.2 Å². The van der Waals surface area contributed by atoms with Gasteiger partial charge in [-0.05, 0) is 61.7 Å². The van der Waals surface area contributed by atoms with Gasteiger partial charge in [0.15, 0.2) is 19.0 Å². The second kappa shape index (κ2) is 11.7. The molecule has 186 valence electrons. The zero-order chi connectivity index (χ0) is 24.6. The number of fused-ring (bicyclic) bond motifs is 1. The minimum Gasteiger partial charge on any atom is -0.497 e. The molecule has 2 aromatic carbocycles. The molecule has 0 bridgehead atoms. The van der Waals surface area contributed by atoms with E-state index in [9.17, 15) is 14.4 Å².